The zero-order valence-corrected chi connectivity index (χ0v) is 17.5. The molecule has 1 aromatic heterocycles. The summed E-state index contributed by atoms with van der Waals surface area (Å²) in [7, 11) is 1.55. The molecule has 0 atom stereocenters. The molecule has 0 saturated heterocycles. The highest BCUT2D eigenvalue weighted by Gasteiger charge is 2.16. The van der Waals surface area contributed by atoms with E-state index >= 15 is 0 Å². The maximum Gasteiger partial charge on any atom is 0.269 e. The van der Waals surface area contributed by atoms with Crippen LogP contribution in [0.1, 0.15) is 5.56 Å². The van der Waals surface area contributed by atoms with Gasteiger partial charge in [-0.1, -0.05) is 12.1 Å². The molecule has 0 saturated carbocycles. The van der Waals surface area contributed by atoms with E-state index in [1.165, 1.54) is 30.7 Å². The maximum absolute atomic E-state index is 10.8. The van der Waals surface area contributed by atoms with E-state index in [1.54, 1.807) is 43.5 Å². The van der Waals surface area contributed by atoms with Crippen LogP contribution in [-0.4, -0.2) is 27.1 Å². The van der Waals surface area contributed by atoms with Crippen LogP contribution in [0.3, 0.4) is 0 Å². The molecule has 0 spiro atoms. The van der Waals surface area contributed by atoms with Crippen LogP contribution in [0.4, 0.5) is 5.69 Å². The molecule has 0 fully saturated rings. The molecule has 3 aromatic carbocycles. The number of non-ortho nitro benzene ring substituents is 1. The summed E-state index contributed by atoms with van der Waals surface area (Å²) in [5.74, 6) is 1.75. The molecule has 0 radical (unpaired) electrons. The number of methoxy groups -OCH3 is 1. The van der Waals surface area contributed by atoms with Gasteiger partial charge in [-0.3, -0.25) is 10.1 Å². The first-order chi connectivity index (χ1) is 16.0. The fourth-order valence-electron chi connectivity index (χ4n) is 3.10. The smallest absolute Gasteiger partial charge is 0.269 e. The predicted octanol–water partition coefficient (Wildman–Crippen LogP) is 5.14. The van der Waals surface area contributed by atoms with E-state index in [4.69, 9.17) is 14.2 Å². The molecular weight excluding hydrogens is 426 g/mol. The summed E-state index contributed by atoms with van der Waals surface area (Å²) in [5, 5.41) is 21.4. The Morgan fingerprint density at radius 3 is 2.45 bits per heavy atom. The number of aromatic hydroxyl groups is 1. The van der Waals surface area contributed by atoms with E-state index < -0.39 is 4.92 Å². The van der Waals surface area contributed by atoms with E-state index in [9.17, 15) is 15.2 Å². The first-order valence-corrected chi connectivity index (χ1v) is 9.85. The molecule has 1 N–H and O–H groups in total. The van der Waals surface area contributed by atoms with Crippen molar-refractivity contribution in [1.29, 1.82) is 0 Å². The van der Waals surface area contributed by atoms with E-state index in [1.807, 2.05) is 12.1 Å². The molecular formula is C24H19N3O6. The van der Waals surface area contributed by atoms with E-state index in [-0.39, 0.29) is 18.0 Å². The average Bonchev–Trinajstić information content (AvgIpc) is 2.84. The molecule has 166 valence electrons. The summed E-state index contributed by atoms with van der Waals surface area (Å²) in [4.78, 5) is 18.6. The normalized spacial score (nSPS) is 10.5. The number of hydrogen-bond acceptors (Lipinski definition) is 8. The molecule has 4 aromatic rings. The lowest BCUT2D eigenvalue weighted by atomic mass is 10.1. The lowest BCUT2D eigenvalue weighted by molar-refractivity contribution is -0.384. The minimum Gasteiger partial charge on any atom is -0.507 e. The Morgan fingerprint density at radius 2 is 1.76 bits per heavy atom. The Kier molecular flexibility index (Phi) is 6.31. The number of hydrogen-bond donors (Lipinski definition) is 1. The summed E-state index contributed by atoms with van der Waals surface area (Å²) in [6, 6.07) is 18.1. The molecule has 0 aliphatic rings. The third-order valence-electron chi connectivity index (χ3n) is 4.74. The lowest BCUT2D eigenvalue weighted by Crippen LogP contribution is -1.97. The highest BCUT2D eigenvalue weighted by atomic mass is 16.6. The largest absolute Gasteiger partial charge is 0.507 e. The third-order valence-corrected chi connectivity index (χ3v) is 4.74. The van der Waals surface area contributed by atoms with Crippen LogP contribution >= 0.6 is 0 Å². The first kappa shape index (κ1) is 21.6. The number of benzene rings is 3. The number of phenolic OH excluding ortho intramolecular Hbond substituents is 1. The van der Waals surface area contributed by atoms with Gasteiger partial charge in [-0.2, -0.15) is 0 Å². The molecule has 0 aliphatic carbocycles. The van der Waals surface area contributed by atoms with Crippen LogP contribution in [0.25, 0.3) is 11.3 Å². The van der Waals surface area contributed by atoms with Gasteiger partial charge in [0.1, 0.15) is 30.1 Å². The third kappa shape index (κ3) is 4.99. The fraction of sp³-hybridized carbons (Fsp3) is 0.0833. The molecule has 9 heteroatoms. The number of ether oxygens (including phenoxy) is 3. The molecule has 4 rings (SSSR count). The predicted molar refractivity (Wildman–Crippen MR) is 120 cm³/mol. The molecule has 1 heterocycles. The van der Waals surface area contributed by atoms with Crippen LogP contribution in [-0.2, 0) is 6.61 Å². The Bertz CT molecular complexity index is 1280. The second-order valence-electron chi connectivity index (χ2n) is 6.88. The number of para-hydroxylation sites is 2. The van der Waals surface area contributed by atoms with E-state index in [0.717, 1.165) is 5.56 Å². The van der Waals surface area contributed by atoms with Crippen molar-refractivity contribution in [3.05, 3.63) is 94.9 Å². The highest BCUT2D eigenvalue weighted by molar-refractivity contribution is 5.73. The quantitative estimate of drug-likeness (QED) is 0.293. The number of phenols is 1. The van der Waals surface area contributed by atoms with Crippen LogP contribution in [0, 0.1) is 10.1 Å². The molecule has 0 aliphatic heterocycles. The van der Waals surface area contributed by atoms with Crippen LogP contribution in [0.15, 0.2) is 79.3 Å². The van der Waals surface area contributed by atoms with Crippen molar-refractivity contribution in [3.8, 4) is 40.0 Å². The molecule has 0 unspecified atom stereocenters. The Balaban J connectivity index is 1.53. The Morgan fingerprint density at radius 1 is 1.00 bits per heavy atom. The average molecular weight is 445 g/mol. The monoisotopic (exact) mass is 445 g/mol. The SMILES string of the molecule is COc1ccccc1Oc1cncnc1-c1ccc(OCc2ccc([N+](=O)[O-])cc2)cc1O. The number of nitro groups is 1. The molecule has 0 amide bonds. The van der Waals surface area contributed by atoms with E-state index in [2.05, 4.69) is 9.97 Å². The van der Waals surface area contributed by atoms with Crippen molar-refractivity contribution in [2.45, 2.75) is 6.61 Å². The number of nitrogens with zero attached hydrogens (tertiary/aromatic N) is 3. The van der Waals surface area contributed by atoms with Gasteiger partial charge in [0.25, 0.3) is 5.69 Å². The molecule has 0 bridgehead atoms. The van der Waals surface area contributed by atoms with Crippen molar-refractivity contribution < 1.29 is 24.2 Å². The molecule has 33 heavy (non-hydrogen) atoms. The molecule has 9 nitrogen and oxygen atoms in total. The zero-order valence-electron chi connectivity index (χ0n) is 17.5. The van der Waals surface area contributed by atoms with E-state index in [0.29, 0.717) is 34.3 Å². The van der Waals surface area contributed by atoms with Gasteiger partial charge < -0.3 is 19.3 Å². The van der Waals surface area contributed by atoms with Gasteiger partial charge in [0, 0.05) is 23.8 Å². The van der Waals surface area contributed by atoms with Crippen molar-refractivity contribution in [1.82, 2.24) is 9.97 Å². The Hall–Kier alpha value is -4.66. The van der Waals surface area contributed by atoms with Crippen LogP contribution in [0.5, 0.6) is 28.7 Å². The first-order valence-electron chi connectivity index (χ1n) is 9.85. The zero-order chi connectivity index (χ0) is 23.2. The topological polar surface area (TPSA) is 117 Å². The number of aromatic nitrogens is 2. The van der Waals surface area contributed by atoms with Gasteiger partial charge in [0.05, 0.1) is 18.2 Å². The van der Waals surface area contributed by atoms with Gasteiger partial charge >= 0.3 is 0 Å². The Labute approximate surface area is 189 Å². The van der Waals surface area contributed by atoms with Crippen molar-refractivity contribution in [2.24, 2.45) is 0 Å². The standard InChI is InChI=1S/C24H19N3O6/c1-31-21-4-2-3-5-22(21)33-23-13-25-15-26-24(23)19-11-10-18(12-20(19)28)32-14-16-6-8-17(9-7-16)27(29)30/h2-13,15,28H,14H2,1H3. The van der Waals surface area contributed by atoms with Crippen molar-refractivity contribution in [2.75, 3.05) is 7.11 Å². The van der Waals surface area contributed by atoms with Crippen molar-refractivity contribution in [3.63, 3.8) is 0 Å². The van der Waals surface area contributed by atoms with Crippen LogP contribution < -0.4 is 14.2 Å². The van der Waals surface area contributed by atoms with Gasteiger partial charge in [0.15, 0.2) is 17.2 Å². The second kappa shape index (κ2) is 9.65. The van der Waals surface area contributed by atoms with Gasteiger partial charge in [0.2, 0.25) is 0 Å². The summed E-state index contributed by atoms with van der Waals surface area (Å²) in [6.45, 7) is 0.187. The van der Waals surface area contributed by atoms with Gasteiger partial charge in [-0.15, -0.1) is 0 Å². The minimum absolute atomic E-state index is 0.0109. The summed E-state index contributed by atoms with van der Waals surface area (Å²) >= 11 is 0. The fourth-order valence-corrected chi connectivity index (χ4v) is 3.10. The summed E-state index contributed by atoms with van der Waals surface area (Å²) in [6.07, 6.45) is 2.87. The second-order valence-corrected chi connectivity index (χ2v) is 6.88. The minimum atomic E-state index is -0.458. The lowest BCUT2D eigenvalue weighted by Gasteiger charge is -2.14. The highest BCUT2D eigenvalue weighted by Crippen LogP contribution is 2.39. The number of nitro benzene ring substituents is 1. The van der Waals surface area contributed by atoms with Crippen molar-refractivity contribution >= 4 is 5.69 Å². The van der Waals surface area contributed by atoms with Gasteiger partial charge in [-0.05, 0) is 42.0 Å². The summed E-state index contributed by atoms with van der Waals surface area (Å²) < 4.78 is 17.0. The van der Waals surface area contributed by atoms with Crippen LogP contribution in [0.2, 0.25) is 0 Å². The van der Waals surface area contributed by atoms with Gasteiger partial charge in [-0.25, -0.2) is 9.97 Å². The summed E-state index contributed by atoms with van der Waals surface area (Å²) in [5.41, 5.74) is 1.60. The number of rotatable bonds is 8. The maximum atomic E-state index is 10.8.